The molecule has 0 saturated heterocycles. The van der Waals surface area contributed by atoms with Gasteiger partial charge < -0.3 is 10.8 Å². The van der Waals surface area contributed by atoms with Crippen molar-refractivity contribution in [2.75, 3.05) is 0 Å². The number of halogens is 1. The number of benzene rings is 1. The zero-order valence-corrected chi connectivity index (χ0v) is 9.76. The van der Waals surface area contributed by atoms with Gasteiger partial charge in [0.2, 0.25) is 0 Å². The molecule has 1 aromatic heterocycles. The highest BCUT2D eigenvalue weighted by Crippen LogP contribution is 2.25. The van der Waals surface area contributed by atoms with Gasteiger partial charge in [0, 0.05) is 11.4 Å². The van der Waals surface area contributed by atoms with Crippen molar-refractivity contribution in [2.24, 2.45) is 5.73 Å². The molecular formula is C10H9ClN2O2S. The smallest absolute Gasteiger partial charge is 0.320 e. The molecule has 6 heteroatoms. The molecule has 0 aliphatic heterocycles. The van der Waals surface area contributed by atoms with Crippen LogP contribution in [-0.2, 0) is 11.2 Å². The van der Waals surface area contributed by atoms with Crippen LogP contribution in [0.15, 0.2) is 18.2 Å². The Balaban J connectivity index is 2.29. The number of carbonyl (C=O) groups is 1. The lowest BCUT2D eigenvalue weighted by Gasteiger charge is -2.01. The van der Waals surface area contributed by atoms with Gasteiger partial charge in [0.15, 0.2) is 0 Å². The van der Waals surface area contributed by atoms with Gasteiger partial charge in [-0.05, 0) is 18.2 Å². The summed E-state index contributed by atoms with van der Waals surface area (Å²) in [6, 6.07) is 4.49. The van der Waals surface area contributed by atoms with Crippen LogP contribution in [0.25, 0.3) is 10.2 Å². The number of thiazole rings is 1. The first-order valence-electron chi connectivity index (χ1n) is 4.59. The summed E-state index contributed by atoms with van der Waals surface area (Å²) in [6.07, 6.45) is 0.242. The number of hydrogen-bond acceptors (Lipinski definition) is 4. The summed E-state index contributed by atoms with van der Waals surface area (Å²) in [6.45, 7) is 0. The van der Waals surface area contributed by atoms with Crippen molar-refractivity contribution in [1.29, 1.82) is 0 Å². The first kappa shape index (κ1) is 11.3. The van der Waals surface area contributed by atoms with E-state index in [0.29, 0.717) is 10.0 Å². The van der Waals surface area contributed by atoms with E-state index in [1.54, 1.807) is 12.1 Å². The van der Waals surface area contributed by atoms with Crippen LogP contribution in [0.2, 0.25) is 5.02 Å². The molecule has 0 spiro atoms. The van der Waals surface area contributed by atoms with Crippen LogP contribution >= 0.6 is 22.9 Å². The fourth-order valence-electron chi connectivity index (χ4n) is 1.31. The Hall–Kier alpha value is -1.17. The Morgan fingerprint density at radius 1 is 1.62 bits per heavy atom. The minimum absolute atomic E-state index is 0.242. The van der Waals surface area contributed by atoms with Crippen molar-refractivity contribution in [2.45, 2.75) is 12.5 Å². The van der Waals surface area contributed by atoms with Gasteiger partial charge in [0.05, 0.1) is 15.2 Å². The fourth-order valence-corrected chi connectivity index (χ4v) is 2.48. The second kappa shape index (κ2) is 4.37. The molecule has 0 fully saturated rings. The van der Waals surface area contributed by atoms with Crippen LogP contribution in [0.3, 0.4) is 0 Å². The SMILES string of the molecule is N[C@@H](Cc1nc2cc(Cl)ccc2s1)C(=O)O. The average Bonchev–Trinajstić information content (AvgIpc) is 2.58. The van der Waals surface area contributed by atoms with Crippen LogP contribution in [0.4, 0.5) is 0 Å². The van der Waals surface area contributed by atoms with Gasteiger partial charge in [0.1, 0.15) is 6.04 Å². The van der Waals surface area contributed by atoms with E-state index < -0.39 is 12.0 Å². The largest absolute Gasteiger partial charge is 0.480 e. The number of nitrogens with two attached hydrogens (primary N) is 1. The van der Waals surface area contributed by atoms with Gasteiger partial charge in [0.25, 0.3) is 0 Å². The summed E-state index contributed by atoms with van der Waals surface area (Å²) in [5.74, 6) is -1.02. The van der Waals surface area contributed by atoms with E-state index in [9.17, 15) is 4.79 Å². The van der Waals surface area contributed by atoms with Crippen molar-refractivity contribution < 1.29 is 9.90 Å². The molecule has 2 aromatic rings. The first-order chi connectivity index (χ1) is 7.56. The maximum absolute atomic E-state index is 10.6. The highest BCUT2D eigenvalue weighted by molar-refractivity contribution is 7.18. The maximum Gasteiger partial charge on any atom is 0.320 e. The van der Waals surface area contributed by atoms with Crippen LogP contribution in [0.1, 0.15) is 5.01 Å². The minimum atomic E-state index is -1.02. The average molecular weight is 257 g/mol. The Morgan fingerprint density at radius 3 is 3.06 bits per heavy atom. The van der Waals surface area contributed by atoms with E-state index >= 15 is 0 Å². The lowest BCUT2D eigenvalue weighted by molar-refractivity contribution is -0.138. The third kappa shape index (κ3) is 2.32. The third-order valence-electron chi connectivity index (χ3n) is 2.11. The molecule has 16 heavy (non-hydrogen) atoms. The molecule has 1 aromatic carbocycles. The number of aliphatic carboxylic acids is 1. The Labute approximate surface area is 101 Å². The van der Waals surface area contributed by atoms with Gasteiger partial charge in [-0.25, -0.2) is 4.98 Å². The number of hydrogen-bond donors (Lipinski definition) is 2. The predicted molar refractivity (Wildman–Crippen MR) is 63.9 cm³/mol. The van der Waals surface area contributed by atoms with Gasteiger partial charge in [-0.1, -0.05) is 11.6 Å². The Kier molecular flexibility index (Phi) is 3.09. The molecule has 84 valence electrons. The summed E-state index contributed by atoms with van der Waals surface area (Å²) >= 11 is 7.27. The van der Waals surface area contributed by atoms with Crippen LogP contribution in [-0.4, -0.2) is 22.1 Å². The molecule has 0 bridgehead atoms. The minimum Gasteiger partial charge on any atom is -0.480 e. The number of nitrogens with zero attached hydrogens (tertiary/aromatic N) is 1. The summed E-state index contributed by atoms with van der Waals surface area (Å²) in [7, 11) is 0. The van der Waals surface area contributed by atoms with E-state index in [0.717, 1.165) is 10.2 Å². The molecule has 4 nitrogen and oxygen atoms in total. The highest BCUT2D eigenvalue weighted by atomic mass is 35.5. The quantitative estimate of drug-likeness (QED) is 0.880. The number of carboxylic acids is 1. The molecule has 3 N–H and O–H groups in total. The molecule has 0 unspecified atom stereocenters. The predicted octanol–water partition coefficient (Wildman–Crippen LogP) is 1.90. The van der Waals surface area contributed by atoms with E-state index in [1.165, 1.54) is 11.3 Å². The van der Waals surface area contributed by atoms with Gasteiger partial charge >= 0.3 is 5.97 Å². The standard InChI is InChI=1S/C10H9ClN2O2S/c11-5-1-2-8-7(3-5)13-9(16-8)4-6(12)10(14)15/h1-3,6H,4,12H2,(H,14,15)/t6-/m0/s1. The van der Waals surface area contributed by atoms with Crippen LogP contribution in [0.5, 0.6) is 0 Å². The molecular weight excluding hydrogens is 248 g/mol. The highest BCUT2D eigenvalue weighted by Gasteiger charge is 2.15. The fraction of sp³-hybridized carbons (Fsp3) is 0.200. The van der Waals surface area contributed by atoms with Crippen molar-refractivity contribution in [3.05, 3.63) is 28.2 Å². The van der Waals surface area contributed by atoms with Crippen molar-refractivity contribution in [3.63, 3.8) is 0 Å². The zero-order chi connectivity index (χ0) is 11.7. The monoisotopic (exact) mass is 256 g/mol. The van der Waals surface area contributed by atoms with Crippen LogP contribution in [0, 0.1) is 0 Å². The van der Waals surface area contributed by atoms with Crippen molar-refractivity contribution in [3.8, 4) is 0 Å². The zero-order valence-electron chi connectivity index (χ0n) is 8.18. The Morgan fingerprint density at radius 2 is 2.38 bits per heavy atom. The lowest BCUT2D eigenvalue weighted by Crippen LogP contribution is -2.32. The molecule has 0 radical (unpaired) electrons. The molecule has 2 rings (SSSR count). The summed E-state index contributed by atoms with van der Waals surface area (Å²) in [5, 5.41) is 10.0. The van der Waals surface area contributed by atoms with Crippen molar-refractivity contribution in [1.82, 2.24) is 4.98 Å². The topological polar surface area (TPSA) is 76.2 Å². The molecule has 0 amide bonds. The van der Waals surface area contributed by atoms with Gasteiger partial charge in [-0.15, -0.1) is 11.3 Å². The summed E-state index contributed by atoms with van der Waals surface area (Å²) in [5.41, 5.74) is 6.22. The van der Waals surface area contributed by atoms with E-state index in [1.807, 2.05) is 6.07 Å². The molecule has 0 saturated carbocycles. The normalized spacial score (nSPS) is 12.9. The Bertz CT molecular complexity index is 541. The lowest BCUT2D eigenvalue weighted by atomic mass is 10.2. The molecule has 0 aliphatic carbocycles. The first-order valence-corrected chi connectivity index (χ1v) is 5.79. The number of fused-ring (bicyclic) bond motifs is 1. The molecule has 1 heterocycles. The number of carboxylic acid groups (broad SMARTS) is 1. The van der Waals surface area contributed by atoms with Gasteiger partial charge in [-0.2, -0.15) is 0 Å². The van der Waals surface area contributed by atoms with E-state index in [2.05, 4.69) is 4.98 Å². The second-order valence-electron chi connectivity index (χ2n) is 3.37. The van der Waals surface area contributed by atoms with E-state index in [4.69, 9.17) is 22.4 Å². The third-order valence-corrected chi connectivity index (χ3v) is 3.40. The second-order valence-corrected chi connectivity index (χ2v) is 4.92. The molecule has 1 atom stereocenters. The van der Waals surface area contributed by atoms with Gasteiger partial charge in [-0.3, -0.25) is 4.79 Å². The van der Waals surface area contributed by atoms with Crippen molar-refractivity contribution >= 4 is 39.1 Å². The number of rotatable bonds is 3. The molecule has 0 aliphatic rings. The van der Waals surface area contributed by atoms with E-state index in [-0.39, 0.29) is 6.42 Å². The summed E-state index contributed by atoms with van der Waals surface area (Å²) in [4.78, 5) is 14.9. The van der Waals surface area contributed by atoms with Crippen LogP contribution < -0.4 is 5.73 Å². The summed E-state index contributed by atoms with van der Waals surface area (Å²) < 4.78 is 0.983. The number of aromatic nitrogens is 1. The maximum atomic E-state index is 10.6.